The smallest absolute Gasteiger partial charge is 0.122 e. The standard InChI is InChI=1S/C13H14N2O2/c14-15-13(9-5-6-16-7-9)11-8-17-12-4-2-1-3-10(11)12/h1-7,11,13,15H,8,14H2. The highest BCUT2D eigenvalue weighted by molar-refractivity contribution is 5.41. The van der Waals surface area contributed by atoms with E-state index in [1.165, 1.54) is 5.56 Å². The molecule has 1 aliphatic rings. The molecular weight excluding hydrogens is 216 g/mol. The number of nitrogens with one attached hydrogen (secondary N) is 1. The number of hydrazine groups is 1. The molecule has 88 valence electrons. The second kappa shape index (κ2) is 4.24. The minimum absolute atomic E-state index is 0.0115. The second-order valence-electron chi connectivity index (χ2n) is 4.16. The van der Waals surface area contributed by atoms with Crippen molar-refractivity contribution >= 4 is 0 Å². The lowest BCUT2D eigenvalue weighted by Gasteiger charge is -2.20. The van der Waals surface area contributed by atoms with Gasteiger partial charge in [0.05, 0.1) is 25.2 Å². The average molecular weight is 230 g/mol. The van der Waals surface area contributed by atoms with Crippen molar-refractivity contribution in [2.75, 3.05) is 6.61 Å². The van der Waals surface area contributed by atoms with Crippen LogP contribution in [0.1, 0.15) is 23.1 Å². The van der Waals surface area contributed by atoms with Gasteiger partial charge in [0, 0.05) is 17.0 Å². The number of ether oxygens (including phenoxy) is 1. The molecule has 1 aromatic carbocycles. The first-order valence-electron chi connectivity index (χ1n) is 5.60. The number of fused-ring (bicyclic) bond motifs is 1. The summed E-state index contributed by atoms with van der Waals surface area (Å²) in [5.74, 6) is 6.82. The summed E-state index contributed by atoms with van der Waals surface area (Å²) in [5, 5.41) is 0. The molecule has 1 aromatic heterocycles. The SMILES string of the molecule is NNC(c1ccoc1)C1COc2ccccc21. The van der Waals surface area contributed by atoms with Crippen molar-refractivity contribution in [3.05, 3.63) is 54.0 Å². The van der Waals surface area contributed by atoms with Crippen LogP contribution in [-0.4, -0.2) is 6.61 Å². The van der Waals surface area contributed by atoms with E-state index in [9.17, 15) is 0 Å². The molecule has 0 saturated carbocycles. The Morgan fingerprint density at radius 3 is 2.94 bits per heavy atom. The second-order valence-corrected chi connectivity index (χ2v) is 4.16. The molecule has 0 fully saturated rings. The number of hydrogen-bond donors (Lipinski definition) is 2. The molecule has 2 heterocycles. The van der Waals surface area contributed by atoms with Crippen LogP contribution in [0.15, 0.2) is 47.3 Å². The maximum Gasteiger partial charge on any atom is 0.122 e. The van der Waals surface area contributed by atoms with Gasteiger partial charge in [0.1, 0.15) is 5.75 Å². The van der Waals surface area contributed by atoms with Crippen LogP contribution in [0.25, 0.3) is 0 Å². The van der Waals surface area contributed by atoms with Crippen molar-refractivity contribution in [2.24, 2.45) is 5.84 Å². The summed E-state index contributed by atoms with van der Waals surface area (Å²) < 4.78 is 10.8. The van der Waals surface area contributed by atoms with Crippen LogP contribution in [0.2, 0.25) is 0 Å². The number of nitrogens with two attached hydrogens (primary N) is 1. The van der Waals surface area contributed by atoms with E-state index < -0.39 is 0 Å². The molecule has 0 bridgehead atoms. The Labute approximate surface area is 99.3 Å². The van der Waals surface area contributed by atoms with Crippen LogP contribution in [-0.2, 0) is 0 Å². The molecule has 17 heavy (non-hydrogen) atoms. The number of rotatable bonds is 3. The molecular formula is C13H14N2O2. The highest BCUT2D eigenvalue weighted by atomic mass is 16.5. The summed E-state index contributed by atoms with van der Waals surface area (Å²) in [6, 6.07) is 9.99. The maximum atomic E-state index is 5.67. The highest BCUT2D eigenvalue weighted by Crippen LogP contribution is 2.40. The van der Waals surface area contributed by atoms with Gasteiger partial charge in [-0.05, 0) is 12.1 Å². The van der Waals surface area contributed by atoms with Crippen molar-refractivity contribution in [3.63, 3.8) is 0 Å². The minimum atomic E-state index is 0.0115. The van der Waals surface area contributed by atoms with Gasteiger partial charge in [-0.2, -0.15) is 0 Å². The molecule has 0 aliphatic carbocycles. The summed E-state index contributed by atoms with van der Waals surface area (Å²) in [6.07, 6.45) is 3.37. The Morgan fingerprint density at radius 2 is 2.18 bits per heavy atom. The van der Waals surface area contributed by atoms with E-state index in [-0.39, 0.29) is 12.0 Å². The molecule has 0 amide bonds. The van der Waals surface area contributed by atoms with Crippen LogP contribution in [0.3, 0.4) is 0 Å². The van der Waals surface area contributed by atoms with E-state index in [4.69, 9.17) is 15.0 Å². The Bertz CT molecular complexity index is 496. The van der Waals surface area contributed by atoms with E-state index in [1.54, 1.807) is 12.5 Å². The third-order valence-corrected chi connectivity index (χ3v) is 3.22. The lowest BCUT2D eigenvalue weighted by atomic mass is 9.90. The van der Waals surface area contributed by atoms with Crippen LogP contribution >= 0.6 is 0 Å². The van der Waals surface area contributed by atoms with Crippen LogP contribution in [0.4, 0.5) is 0 Å². The normalized spacial score (nSPS) is 19.7. The van der Waals surface area contributed by atoms with Gasteiger partial charge >= 0.3 is 0 Å². The zero-order valence-corrected chi connectivity index (χ0v) is 9.30. The summed E-state index contributed by atoms with van der Waals surface area (Å²) in [6.45, 7) is 0.638. The lowest BCUT2D eigenvalue weighted by Crippen LogP contribution is -2.33. The van der Waals surface area contributed by atoms with Gasteiger partial charge in [-0.25, -0.2) is 0 Å². The van der Waals surface area contributed by atoms with Crippen molar-refractivity contribution in [2.45, 2.75) is 12.0 Å². The fourth-order valence-electron chi connectivity index (χ4n) is 2.36. The topological polar surface area (TPSA) is 60.4 Å². The van der Waals surface area contributed by atoms with E-state index >= 15 is 0 Å². The van der Waals surface area contributed by atoms with Gasteiger partial charge in [-0.3, -0.25) is 11.3 Å². The van der Waals surface area contributed by atoms with Gasteiger partial charge in [0.15, 0.2) is 0 Å². The molecule has 2 atom stereocenters. The Kier molecular flexibility index (Phi) is 2.59. The largest absolute Gasteiger partial charge is 0.493 e. The van der Waals surface area contributed by atoms with Crippen LogP contribution in [0.5, 0.6) is 5.75 Å². The molecule has 0 radical (unpaired) electrons. The van der Waals surface area contributed by atoms with Crippen molar-refractivity contribution in [1.29, 1.82) is 0 Å². The molecule has 3 rings (SSSR count). The van der Waals surface area contributed by atoms with Gasteiger partial charge in [0.2, 0.25) is 0 Å². The molecule has 4 nitrogen and oxygen atoms in total. The van der Waals surface area contributed by atoms with Gasteiger partial charge in [0.25, 0.3) is 0 Å². The Balaban J connectivity index is 1.95. The van der Waals surface area contributed by atoms with Gasteiger partial charge in [-0.15, -0.1) is 0 Å². The van der Waals surface area contributed by atoms with Crippen molar-refractivity contribution in [3.8, 4) is 5.75 Å². The predicted octanol–water partition coefficient (Wildman–Crippen LogP) is 1.96. The highest BCUT2D eigenvalue weighted by Gasteiger charge is 2.32. The first-order chi connectivity index (χ1) is 8.40. The summed E-state index contributed by atoms with van der Waals surface area (Å²) in [4.78, 5) is 0. The molecule has 0 spiro atoms. The monoisotopic (exact) mass is 230 g/mol. The van der Waals surface area contributed by atoms with Crippen molar-refractivity contribution < 1.29 is 9.15 Å². The summed E-state index contributed by atoms with van der Waals surface area (Å²) >= 11 is 0. The van der Waals surface area contributed by atoms with Crippen LogP contribution in [0, 0.1) is 0 Å². The summed E-state index contributed by atoms with van der Waals surface area (Å²) in [5.41, 5.74) is 5.08. The quantitative estimate of drug-likeness (QED) is 0.625. The minimum Gasteiger partial charge on any atom is -0.493 e. The van der Waals surface area contributed by atoms with E-state index in [2.05, 4.69) is 11.5 Å². The Hall–Kier alpha value is -1.78. The lowest BCUT2D eigenvalue weighted by molar-refractivity contribution is 0.300. The first kappa shape index (κ1) is 10.4. The Morgan fingerprint density at radius 1 is 1.29 bits per heavy atom. The molecule has 2 unspecified atom stereocenters. The molecule has 0 saturated heterocycles. The van der Waals surface area contributed by atoms with E-state index in [1.807, 2.05) is 24.3 Å². The third kappa shape index (κ3) is 1.71. The van der Waals surface area contributed by atoms with E-state index in [0.29, 0.717) is 6.61 Å². The molecule has 2 aromatic rings. The number of hydrogen-bond acceptors (Lipinski definition) is 4. The number of furan rings is 1. The maximum absolute atomic E-state index is 5.67. The predicted molar refractivity (Wildman–Crippen MR) is 63.5 cm³/mol. The number of para-hydroxylation sites is 1. The van der Waals surface area contributed by atoms with Gasteiger partial charge in [-0.1, -0.05) is 18.2 Å². The molecule has 4 heteroatoms. The van der Waals surface area contributed by atoms with Crippen LogP contribution < -0.4 is 16.0 Å². The van der Waals surface area contributed by atoms with E-state index in [0.717, 1.165) is 11.3 Å². The van der Waals surface area contributed by atoms with Crippen molar-refractivity contribution in [1.82, 2.24) is 5.43 Å². The zero-order valence-electron chi connectivity index (χ0n) is 9.30. The fourth-order valence-corrected chi connectivity index (χ4v) is 2.36. The number of benzene rings is 1. The summed E-state index contributed by atoms with van der Waals surface area (Å²) in [7, 11) is 0. The van der Waals surface area contributed by atoms with Gasteiger partial charge < -0.3 is 9.15 Å². The molecule has 3 N–H and O–H groups in total. The zero-order chi connectivity index (χ0) is 11.7. The fraction of sp³-hybridized carbons (Fsp3) is 0.231. The molecule has 1 aliphatic heterocycles. The first-order valence-corrected chi connectivity index (χ1v) is 5.60. The average Bonchev–Trinajstić information content (AvgIpc) is 3.01. The third-order valence-electron chi connectivity index (χ3n) is 3.22.